The lowest BCUT2D eigenvalue weighted by Gasteiger charge is -2.26. The van der Waals surface area contributed by atoms with Gasteiger partial charge in [0, 0.05) is 25.7 Å². The number of hydrogen-bond donors (Lipinski definition) is 1. The Morgan fingerprint density at radius 2 is 2.05 bits per heavy atom. The molecule has 8 heteroatoms. The molecule has 0 bridgehead atoms. The van der Waals surface area contributed by atoms with Gasteiger partial charge in [0.25, 0.3) is 0 Å². The molecule has 2 unspecified atom stereocenters. The van der Waals surface area contributed by atoms with E-state index < -0.39 is 17.5 Å². The van der Waals surface area contributed by atoms with Gasteiger partial charge in [0.15, 0.2) is 0 Å². The molecule has 0 heterocycles. The molecule has 2 atom stereocenters. The first-order chi connectivity index (χ1) is 8.73. The van der Waals surface area contributed by atoms with E-state index in [1.165, 1.54) is 20.2 Å². The van der Waals surface area contributed by atoms with Crippen molar-refractivity contribution >= 4 is 23.7 Å². The highest BCUT2D eigenvalue weighted by Crippen LogP contribution is 2.21. The van der Waals surface area contributed by atoms with Gasteiger partial charge in [-0.15, -0.1) is 0 Å². The van der Waals surface area contributed by atoms with Gasteiger partial charge in [-0.1, -0.05) is 18.5 Å². The Morgan fingerprint density at radius 3 is 2.47 bits per heavy atom. The van der Waals surface area contributed by atoms with Crippen LogP contribution in [0.2, 0.25) is 0 Å². The van der Waals surface area contributed by atoms with Gasteiger partial charge >= 0.3 is 6.18 Å². The number of hydrogen-bond acceptors (Lipinski definition) is 3. The maximum absolute atomic E-state index is 12.7. The predicted molar refractivity (Wildman–Crippen MR) is 71.0 cm³/mol. The fourth-order valence-electron chi connectivity index (χ4n) is 1.18. The first kappa shape index (κ1) is 18.2. The normalized spacial score (nSPS) is 16.7. The van der Waals surface area contributed by atoms with E-state index >= 15 is 0 Å². The second-order valence-corrected chi connectivity index (χ2v) is 4.52. The summed E-state index contributed by atoms with van der Waals surface area (Å²) in [5.74, 6) is -1.17. The van der Waals surface area contributed by atoms with Crippen LogP contribution in [-0.2, 0) is 0 Å². The van der Waals surface area contributed by atoms with E-state index in [9.17, 15) is 13.2 Å². The molecule has 0 aromatic carbocycles. The molecule has 0 aliphatic rings. The smallest absolute Gasteiger partial charge is 0.396 e. The van der Waals surface area contributed by atoms with Crippen molar-refractivity contribution in [3.8, 4) is 0 Å². The summed E-state index contributed by atoms with van der Waals surface area (Å²) in [4.78, 5) is 8.18. The molecule has 0 saturated carbocycles. The lowest BCUT2D eigenvalue weighted by Crippen LogP contribution is -2.44. The minimum atomic E-state index is -4.54. The summed E-state index contributed by atoms with van der Waals surface area (Å²) < 4.78 is 38.2. The number of rotatable bonds is 6. The third-order valence-electron chi connectivity index (χ3n) is 2.22. The molecule has 0 radical (unpaired) electrons. The summed E-state index contributed by atoms with van der Waals surface area (Å²) in [5.41, 5.74) is -0.950. The Hall–Kier alpha value is -0.820. The maximum Gasteiger partial charge on any atom is 0.449 e. The van der Waals surface area contributed by atoms with Crippen molar-refractivity contribution in [3.63, 3.8) is 0 Å². The molecule has 0 rings (SSSR count). The Balaban J connectivity index is 4.65. The number of aliphatic hydroxyl groups is 1. The van der Waals surface area contributed by atoms with Gasteiger partial charge in [-0.25, -0.2) is 0 Å². The first-order valence-corrected chi connectivity index (χ1v) is 6.27. The standard InChI is InChI=1S/C11H19ClF3N3O/c1-4-17-10(11(13,14)15)18(3)9(12)6-16-5-8(2)7-19/h5,8-9,19H,4,6-7H2,1-3H3. The number of nitrogens with zero attached hydrogens (tertiary/aromatic N) is 3. The van der Waals surface area contributed by atoms with Crippen LogP contribution < -0.4 is 0 Å². The number of aliphatic hydroxyl groups excluding tert-OH is 1. The zero-order valence-corrected chi connectivity index (χ0v) is 11.9. The molecule has 1 N–H and O–H groups in total. The van der Waals surface area contributed by atoms with Gasteiger partial charge in [0.1, 0.15) is 5.50 Å². The highest BCUT2D eigenvalue weighted by Gasteiger charge is 2.40. The van der Waals surface area contributed by atoms with E-state index in [0.717, 1.165) is 4.90 Å². The summed E-state index contributed by atoms with van der Waals surface area (Å²) in [6.07, 6.45) is -3.08. The molecule has 0 aliphatic heterocycles. The molecule has 0 spiro atoms. The molecule has 19 heavy (non-hydrogen) atoms. The SMILES string of the molecule is CCN=C(N(C)C(Cl)CN=CC(C)CO)C(F)(F)F. The quantitative estimate of drug-likeness (QED) is 0.354. The molecular formula is C11H19ClF3N3O. The maximum atomic E-state index is 12.7. The van der Waals surface area contributed by atoms with Gasteiger partial charge in [0.05, 0.1) is 13.2 Å². The first-order valence-electron chi connectivity index (χ1n) is 5.83. The summed E-state index contributed by atoms with van der Waals surface area (Å²) in [7, 11) is 1.23. The van der Waals surface area contributed by atoms with E-state index in [-0.39, 0.29) is 25.6 Å². The van der Waals surface area contributed by atoms with Crippen molar-refractivity contribution in [2.45, 2.75) is 25.5 Å². The molecule has 0 aromatic heterocycles. The van der Waals surface area contributed by atoms with Crippen LogP contribution in [0.25, 0.3) is 0 Å². The molecule has 0 fully saturated rings. The summed E-state index contributed by atoms with van der Waals surface area (Å²) in [5, 5.41) is 8.77. The summed E-state index contributed by atoms with van der Waals surface area (Å²) >= 11 is 5.86. The lowest BCUT2D eigenvalue weighted by molar-refractivity contribution is -0.0684. The highest BCUT2D eigenvalue weighted by molar-refractivity contribution is 6.21. The second kappa shape index (κ2) is 8.37. The molecule has 0 aromatic rings. The van der Waals surface area contributed by atoms with E-state index in [1.807, 2.05) is 0 Å². The molecule has 0 aliphatic carbocycles. The Kier molecular flexibility index (Phi) is 8.01. The van der Waals surface area contributed by atoms with Crippen molar-refractivity contribution in [2.24, 2.45) is 15.9 Å². The molecule has 112 valence electrons. The largest absolute Gasteiger partial charge is 0.449 e. The fraction of sp³-hybridized carbons (Fsp3) is 0.818. The Bertz CT molecular complexity index is 321. The number of aliphatic imine (C=N–C) groups is 2. The van der Waals surface area contributed by atoms with Crippen molar-refractivity contribution in [1.82, 2.24) is 4.90 Å². The lowest BCUT2D eigenvalue weighted by atomic mass is 10.2. The number of likely N-dealkylation sites (N-methyl/N-ethyl adjacent to an activating group) is 1. The van der Waals surface area contributed by atoms with E-state index in [0.29, 0.717) is 0 Å². The van der Waals surface area contributed by atoms with Crippen molar-refractivity contribution < 1.29 is 18.3 Å². The number of amidine groups is 1. The van der Waals surface area contributed by atoms with Crippen LogP contribution in [0.15, 0.2) is 9.98 Å². The third kappa shape index (κ3) is 6.77. The van der Waals surface area contributed by atoms with E-state index in [4.69, 9.17) is 16.7 Å². The Morgan fingerprint density at radius 1 is 1.47 bits per heavy atom. The summed E-state index contributed by atoms with van der Waals surface area (Å²) in [6, 6.07) is 0. The number of halogens is 4. The van der Waals surface area contributed by atoms with Gasteiger partial charge in [-0.05, 0) is 6.92 Å². The van der Waals surface area contributed by atoms with Crippen LogP contribution >= 0.6 is 11.6 Å². The average molecular weight is 302 g/mol. The highest BCUT2D eigenvalue weighted by atomic mass is 35.5. The zero-order chi connectivity index (χ0) is 15.1. The third-order valence-corrected chi connectivity index (χ3v) is 2.65. The van der Waals surface area contributed by atoms with Crippen molar-refractivity contribution in [2.75, 3.05) is 26.7 Å². The van der Waals surface area contributed by atoms with Crippen LogP contribution in [0.3, 0.4) is 0 Å². The van der Waals surface area contributed by atoms with E-state index in [2.05, 4.69) is 9.98 Å². The molecular weight excluding hydrogens is 283 g/mol. The van der Waals surface area contributed by atoms with Gasteiger partial charge in [-0.3, -0.25) is 9.98 Å². The molecule has 4 nitrogen and oxygen atoms in total. The van der Waals surface area contributed by atoms with Gasteiger partial charge < -0.3 is 10.0 Å². The van der Waals surface area contributed by atoms with Crippen LogP contribution in [0, 0.1) is 5.92 Å². The average Bonchev–Trinajstić information content (AvgIpc) is 2.33. The predicted octanol–water partition coefficient (Wildman–Crippen LogP) is 2.16. The zero-order valence-electron chi connectivity index (χ0n) is 11.2. The van der Waals surface area contributed by atoms with Gasteiger partial charge in [-0.2, -0.15) is 13.2 Å². The fourth-order valence-corrected chi connectivity index (χ4v) is 1.35. The minimum Gasteiger partial charge on any atom is -0.396 e. The van der Waals surface area contributed by atoms with Gasteiger partial charge in [0.2, 0.25) is 5.84 Å². The van der Waals surface area contributed by atoms with Crippen molar-refractivity contribution in [1.29, 1.82) is 0 Å². The van der Waals surface area contributed by atoms with Crippen molar-refractivity contribution in [3.05, 3.63) is 0 Å². The summed E-state index contributed by atoms with van der Waals surface area (Å²) in [6.45, 7) is 3.19. The minimum absolute atomic E-state index is 0.0127. The van der Waals surface area contributed by atoms with E-state index in [1.54, 1.807) is 6.92 Å². The Labute approximate surface area is 116 Å². The number of alkyl halides is 4. The van der Waals surface area contributed by atoms with Crippen LogP contribution in [0.4, 0.5) is 13.2 Å². The molecule has 0 amide bonds. The van der Waals surface area contributed by atoms with Crippen LogP contribution in [0.1, 0.15) is 13.8 Å². The van der Waals surface area contributed by atoms with Crippen LogP contribution in [-0.4, -0.2) is 60.5 Å². The topological polar surface area (TPSA) is 48.2 Å². The monoisotopic (exact) mass is 301 g/mol. The molecule has 0 saturated heterocycles. The second-order valence-electron chi connectivity index (χ2n) is 4.02. The van der Waals surface area contributed by atoms with Crippen LogP contribution in [0.5, 0.6) is 0 Å².